The molecule has 27 heavy (non-hydrogen) atoms. The van der Waals surface area contributed by atoms with Crippen LogP contribution < -0.4 is 9.47 Å². The van der Waals surface area contributed by atoms with Crippen molar-refractivity contribution in [1.29, 1.82) is 0 Å². The first-order valence-corrected chi connectivity index (χ1v) is 9.46. The van der Waals surface area contributed by atoms with Gasteiger partial charge in [0.1, 0.15) is 11.5 Å². The van der Waals surface area contributed by atoms with Crippen molar-refractivity contribution in [2.45, 2.75) is 5.38 Å². The van der Waals surface area contributed by atoms with Crippen LogP contribution in [0.25, 0.3) is 6.08 Å². The number of ketones is 1. The lowest BCUT2D eigenvalue weighted by atomic mass is 10.1. The van der Waals surface area contributed by atoms with Crippen LogP contribution in [0.5, 0.6) is 11.5 Å². The predicted octanol–water partition coefficient (Wildman–Crippen LogP) is 5.25. The summed E-state index contributed by atoms with van der Waals surface area (Å²) in [6, 6.07) is 17.4. The second-order valence-electron chi connectivity index (χ2n) is 5.81. The third-order valence-electron chi connectivity index (χ3n) is 3.98. The van der Waals surface area contributed by atoms with Crippen molar-refractivity contribution in [2.75, 3.05) is 0 Å². The van der Waals surface area contributed by atoms with Gasteiger partial charge >= 0.3 is 5.97 Å². The molecule has 1 aliphatic heterocycles. The minimum atomic E-state index is -0.920. The number of carbonyl (C=O) groups excluding carboxylic acids is 2. The van der Waals surface area contributed by atoms with E-state index in [2.05, 4.69) is 0 Å². The molecule has 2 aromatic carbocycles. The molecule has 1 atom stereocenters. The van der Waals surface area contributed by atoms with Gasteiger partial charge in [0.05, 0.1) is 5.56 Å². The van der Waals surface area contributed by atoms with Gasteiger partial charge < -0.3 is 9.47 Å². The average molecular weight is 397 g/mol. The molecule has 0 spiro atoms. The molecule has 134 valence electrons. The molecule has 0 fully saturated rings. The van der Waals surface area contributed by atoms with Crippen LogP contribution in [-0.4, -0.2) is 11.8 Å². The van der Waals surface area contributed by atoms with Gasteiger partial charge in [-0.25, -0.2) is 4.79 Å². The monoisotopic (exact) mass is 396 g/mol. The third-order valence-corrected chi connectivity index (χ3v) is 5.23. The van der Waals surface area contributed by atoms with Crippen molar-refractivity contribution in [3.8, 4) is 11.5 Å². The third kappa shape index (κ3) is 3.65. The van der Waals surface area contributed by atoms with Gasteiger partial charge in [-0.15, -0.1) is 22.9 Å². The van der Waals surface area contributed by atoms with E-state index in [0.29, 0.717) is 16.9 Å². The molecule has 0 bridgehead atoms. The maximum Gasteiger partial charge on any atom is 0.334 e. The Kier molecular flexibility index (Phi) is 4.79. The Morgan fingerprint density at radius 3 is 2.67 bits per heavy atom. The Morgan fingerprint density at radius 2 is 1.93 bits per heavy atom. The van der Waals surface area contributed by atoms with Crippen molar-refractivity contribution in [2.24, 2.45) is 0 Å². The maximum absolute atomic E-state index is 12.4. The lowest BCUT2D eigenvalue weighted by Gasteiger charge is -2.10. The van der Waals surface area contributed by atoms with E-state index in [4.69, 9.17) is 21.1 Å². The molecule has 0 radical (unpaired) electrons. The van der Waals surface area contributed by atoms with Gasteiger partial charge in [0.2, 0.25) is 5.78 Å². The predicted molar refractivity (Wildman–Crippen MR) is 104 cm³/mol. The van der Waals surface area contributed by atoms with Crippen LogP contribution in [0.1, 0.15) is 26.2 Å². The Balaban J connectivity index is 1.52. The topological polar surface area (TPSA) is 52.6 Å². The van der Waals surface area contributed by atoms with Gasteiger partial charge in [-0.05, 0) is 29.1 Å². The molecule has 4 nitrogen and oxygen atoms in total. The number of ether oxygens (including phenoxy) is 2. The summed E-state index contributed by atoms with van der Waals surface area (Å²) in [6.45, 7) is 0. The van der Waals surface area contributed by atoms with Crippen LogP contribution in [0.3, 0.4) is 0 Å². The van der Waals surface area contributed by atoms with E-state index in [1.165, 1.54) is 17.4 Å². The lowest BCUT2D eigenvalue weighted by molar-refractivity contribution is -0.134. The minimum absolute atomic E-state index is 0.198. The molecule has 0 saturated carbocycles. The van der Waals surface area contributed by atoms with Crippen molar-refractivity contribution >= 4 is 40.8 Å². The molecule has 0 amide bonds. The fourth-order valence-corrected chi connectivity index (χ4v) is 3.50. The van der Waals surface area contributed by atoms with Gasteiger partial charge in [0, 0.05) is 17.0 Å². The fraction of sp³-hybridized carbons (Fsp3) is 0.0476. The van der Waals surface area contributed by atoms with Crippen LogP contribution in [0, 0.1) is 0 Å². The molecule has 4 rings (SSSR count). The number of thiophene rings is 1. The summed E-state index contributed by atoms with van der Waals surface area (Å²) < 4.78 is 11.0. The first-order chi connectivity index (χ1) is 13.1. The molecule has 0 N–H and O–H groups in total. The van der Waals surface area contributed by atoms with Crippen molar-refractivity contribution in [3.63, 3.8) is 0 Å². The fourth-order valence-electron chi connectivity index (χ4n) is 2.66. The second kappa shape index (κ2) is 7.39. The number of fused-ring (bicyclic) bond motifs is 1. The summed E-state index contributed by atoms with van der Waals surface area (Å²) in [5, 5.41) is 1.00. The highest BCUT2D eigenvalue weighted by atomic mass is 35.5. The van der Waals surface area contributed by atoms with Gasteiger partial charge in [-0.2, -0.15) is 0 Å². The zero-order valence-corrected chi connectivity index (χ0v) is 15.5. The zero-order valence-electron chi connectivity index (χ0n) is 13.9. The average Bonchev–Trinajstić information content (AvgIpc) is 3.30. The number of allylic oxidation sites excluding steroid dienone is 1. The van der Waals surface area contributed by atoms with Gasteiger partial charge in [0.25, 0.3) is 0 Å². The molecule has 1 aliphatic rings. The second-order valence-corrected chi connectivity index (χ2v) is 7.22. The Hall–Kier alpha value is -2.89. The number of halogens is 1. The normalized spacial score (nSPS) is 15.3. The molecule has 1 unspecified atom stereocenters. The van der Waals surface area contributed by atoms with E-state index in [1.807, 2.05) is 23.6 Å². The molecular formula is C21H13ClO4S. The Bertz CT molecular complexity index is 1030. The standard InChI is InChI=1S/C21H13ClO4S/c22-19(13-5-2-1-3-6-13)21(24)25-14-8-9-16-17(11-14)26-18(20(16)23)12-15-7-4-10-27-15/h1-12,19H/b18-12-. The Morgan fingerprint density at radius 1 is 1.11 bits per heavy atom. The van der Waals surface area contributed by atoms with E-state index in [0.717, 1.165) is 4.88 Å². The molecule has 0 aliphatic carbocycles. The molecule has 6 heteroatoms. The quantitative estimate of drug-likeness (QED) is 0.261. The van der Waals surface area contributed by atoms with Gasteiger partial charge in [0.15, 0.2) is 11.1 Å². The van der Waals surface area contributed by atoms with Gasteiger partial charge in [-0.1, -0.05) is 36.4 Å². The summed E-state index contributed by atoms with van der Waals surface area (Å²) in [5.74, 6) is 0.0807. The first kappa shape index (κ1) is 17.5. The van der Waals surface area contributed by atoms with Crippen LogP contribution in [0.15, 0.2) is 71.8 Å². The summed E-state index contributed by atoms with van der Waals surface area (Å²) in [5.41, 5.74) is 1.08. The molecular weight excluding hydrogens is 384 g/mol. The summed E-state index contributed by atoms with van der Waals surface area (Å²) in [4.78, 5) is 25.6. The smallest absolute Gasteiger partial charge is 0.334 e. The van der Waals surface area contributed by atoms with Crippen molar-refractivity contribution < 1.29 is 19.1 Å². The van der Waals surface area contributed by atoms with Gasteiger partial charge in [-0.3, -0.25) is 4.79 Å². The summed E-state index contributed by atoms with van der Waals surface area (Å²) in [7, 11) is 0. The first-order valence-electron chi connectivity index (χ1n) is 8.14. The van der Waals surface area contributed by atoms with Crippen molar-refractivity contribution in [1.82, 2.24) is 0 Å². The van der Waals surface area contributed by atoms with E-state index in [1.54, 1.807) is 42.5 Å². The molecule has 1 aromatic heterocycles. The van der Waals surface area contributed by atoms with E-state index in [-0.39, 0.29) is 17.3 Å². The Labute approximate surface area is 164 Å². The number of Topliss-reactive ketones (excluding diaryl/α,β-unsaturated/α-hetero) is 1. The van der Waals surface area contributed by atoms with E-state index in [9.17, 15) is 9.59 Å². The number of hydrogen-bond donors (Lipinski definition) is 0. The van der Waals surface area contributed by atoms with Crippen molar-refractivity contribution in [3.05, 3.63) is 87.8 Å². The minimum Gasteiger partial charge on any atom is -0.452 e. The maximum atomic E-state index is 12.4. The number of alkyl halides is 1. The highest BCUT2D eigenvalue weighted by Gasteiger charge is 2.28. The molecule has 0 saturated heterocycles. The van der Waals surface area contributed by atoms with E-state index >= 15 is 0 Å². The van der Waals surface area contributed by atoms with Crippen LogP contribution in [0.2, 0.25) is 0 Å². The zero-order chi connectivity index (χ0) is 18.8. The lowest BCUT2D eigenvalue weighted by Crippen LogP contribution is -2.14. The largest absolute Gasteiger partial charge is 0.452 e. The number of hydrogen-bond acceptors (Lipinski definition) is 5. The summed E-state index contributed by atoms with van der Waals surface area (Å²) >= 11 is 7.69. The number of rotatable bonds is 4. The highest BCUT2D eigenvalue weighted by molar-refractivity contribution is 7.10. The van der Waals surface area contributed by atoms with Crippen LogP contribution in [0.4, 0.5) is 0 Å². The number of esters is 1. The van der Waals surface area contributed by atoms with Crippen LogP contribution in [-0.2, 0) is 4.79 Å². The van der Waals surface area contributed by atoms with E-state index < -0.39 is 11.3 Å². The van der Waals surface area contributed by atoms with Crippen LogP contribution >= 0.6 is 22.9 Å². The SMILES string of the molecule is O=C1/C(=C/c2cccs2)Oc2cc(OC(=O)C(Cl)c3ccccc3)ccc21. The number of benzene rings is 2. The highest BCUT2D eigenvalue weighted by Crippen LogP contribution is 2.35. The summed E-state index contributed by atoms with van der Waals surface area (Å²) in [6.07, 6.45) is 1.70. The molecule has 3 aromatic rings. The molecule has 2 heterocycles. The number of carbonyl (C=O) groups is 2.